The van der Waals surface area contributed by atoms with Gasteiger partial charge in [0.1, 0.15) is 18.2 Å². The highest BCUT2D eigenvalue weighted by atomic mass is 79.9. The molecule has 1 amide bonds. The van der Waals surface area contributed by atoms with Crippen molar-refractivity contribution in [1.29, 1.82) is 0 Å². The lowest BCUT2D eigenvalue weighted by molar-refractivity contribution is 0.0679. The number of hydrogen-bond donors (Lipinski definition) is 1. The summed E-state index contributed by atoms with van der Waals surface area (Å²) in [7, 11) is 0. The molecule has 4 rings (SSSR count). The summed E-state index contributed by atoms with van der Waals surface area (Å²) in [5.74, 6) is 1.10. The van der Waals surface area contributed by atoms with Gasteiger partial charge in [-0.25, -0.2) is 4.68 Å². The van der Waals surface area contributed by atoms with Crippen LogP contribution in [0.1, 0.15) is 28.8 Å². The highest BCUT2D eigenvalue weighted by Crippen LogP contribution is 2.19. The van der Waals surface area contributed by atoms with Crippen LogP contribution < -0.4 is 10.1 Å². The highest BCUT2D eigenvalue weighted by Gasteiger charge is 2.16. The first-order chi connectivity index (χ1) is 14.2. The summed E-state index contributed by atoms with van der Waals surface area (Å²) in [6.07, 6.45) is 3.91. The molecule has 0 spiro atoms. The molecule has 1 aromatic heterocycles. The van der Waals surface area contributed by atoms with Crippen molar-refractivity contribution in [3.63, 3.8) is 0 Å². The number of halogens is 1. The second-order valence-corrected chi connectivity index (χ2v) is 7.84. The van der Waals surface area contributed by atoms with Crippen molar-refractivity contribution >= 4 is 27.7 Å². The van der Waals surface area contributed by atoms with E-state index >= 15 is 0 Å². The first-order valence-electron chi connectivity index (χ1n) is 9.59. The standard InChI is InChI=1S/C22H22BrN3O3/c23-18-8-6-16(7-9-18)14-26-21(10-11-24-26)25-22(27)17-3-1-4-19(13-17)29-15-20-5-2-12-28-20/h1,3-4,6-11,13,20H,2,5,12,14-15H2,(H,25,27)/t20-/m1/s1. The maximum atomic E-state index is 12.7. The van der Waals surface area contributed by atoms with Crippen LogP contribution in [0.25, 0.3) is 0 Å². The predicted octanol–water partition coefficient (Wildman–Crippen LogP) is 4.50. The molecule has 0 radical (unpaired) electrons. The molecule has 1 aliphatic rings. The van der Waals surface area contributed by atoms with Crippen LogP contribution in [0.5, 0.6) is 5.75 Å². The van der Waals surface area contributed by atoms with Crippen LogP contribution in [0.4, 0.5) is 5.82 Å². The van der Waals surface area contributed by atoms with Crippen LogP contribution in [-0.4, -0.2) is 35.0 Å². The van der Waals surface area contributed by atoms with E-state index in [4.69, 9.17) is 9.47 Å². The molecule has 1 aliphatic heterocycles. The number of benzene rings is 2. The number of rotatable bonds is 7. The topological polar surface area (TPSA) is 65.4 Å². The van der Waals surface area contributed by atoms with Gasteiger partial charge in [-0.2, -0.15) is 5.10 Å². The third-order valence-electron chi connectivity index (χ3n) is 4.76. The van der Waals surface area contributed by atoms with Crippen molar-refractivity contribution < 1.29 is 14.3 Å². The van der Waals surface area contributed by atoms with Gasteiger partial charge in [-0.1, -0.05) is 34.1 Å². The average Bonchev–Trinajstić information content (AvgIpc) is 3.41. The number of hydrogen-bond acceptors (Lipinski definition) is 4. The highest BCUT2D eigenvalue weighted by molar-refractivity contribution is 9.10. The van der Waals surface area contributed by atoms with Gasteiger partial charge in [0.15, 0.2) is 0 Å². The van der Waals surface area contributed by atoms with Crippen molar-refractivity contribution in [1.82, 2.24) is 9.78 Å². The van der Waals surface area contributed by atoms with Gasteiger partial charge < -0.3 is 14.8 Å². The van der Waals surface area contributed by atoms with Gasteiger partial charge in [0.25, 0.3) is 5.91 Å². The molecular weight excluding hydrogens is 434 g/mol. The first kappa shape index (κ1) is 19.7. The van der Waals surface area contributed by atoms with Crippen LogP contribution in [0.2, 0.25) is 0 Å². The lowest BCUT2D eigenvalue weighted by Gasteiger charge is -2.13. The van der Waals surface area contributed by atoms with Crippen molar-refractivity contribution in [2.24, 2.45) is 0 Å². The molecule has 2 heterocycles. The van der Waals surface area contributed by atoms with Crippen LogP contribution in [-0.2, 0) is 11.3 Å². The van der Waals surface area contributed by atoms with Gasteiger partial charge in [-0.05, 0) is 48.7 Å². The van der Waals surface area contributed by atoms with Gasteiger partial charge in [-0.3, -0.25) is 4.79 Å². The van der Waals surface area contributed by atoms with E-state index in [9.17, 15) is 4.79 Å². The molecule has 1 N–H and O–H groups in total. The monoisotopic (exact) mass is 455 g/mol. The Kier molecular flexibility index (Phi) is 6.27. The second-order valence-electron chi connectivity index (χ2n) is 6.93. The zero-order valence-corrected chi connectivity index (χ0v) is 17.5. The maximum Gasteiger partial charge on any atom is 0.256 e. The Morgan fingerprint density at radius 3 is 2.90 bits per heavy atom. The molecule has 150 valence electrons. The maximum absolute atomic E-state index is 12.7. The number of carbonyl (C=O) groups excluding carboxylic acids is 1. The largest absolute Gasteiger partial charge is 0.491 e. The molecule has 0 unspecified atom stereocenters. The zero-order chi connectivity index (χ0) is 20.1. The summed E-state index contributed by atoms with van der Waals surface area (Å²) >= 11 is 3.44. The first-order valence-corrected chi connectivity index (χ1v) is 10.4. The van der Waals surface area contributed by atoms with Crippen molar-refractivity contribution in [3.8, 4) is 5.75 Å². The number of aromatic nitrogens is 2. The molecule has 0 aliphatic carbocycles. The van der Waals surface area contributed by atoms with Gasteiger partial charge in [-0.15, -0.1) is 0 Å². The number of ether oxygens (including phenoxy) is 2. The van der Waals surface area contributed by atoms with E-state index in [1.165, 1.54) is 0 Å². The summed E-state index contributed by atoms with van der Waals surface area (Å²) in [5, 5.41) is 7.26. The Balaban J connectivity index is 1.40. The molecular formula is C22H22BrN3O3. The fourth-order valence-electron chi connectivity index (χ4n) is 3.21. The van der Waals surface area contributed by atoms with Gasteiger partial charge >= 0.3 is 0 Å². The minimum Gasteiger partial charge on any atom is -0.491 e. The van der Waals surface area contributed by atoms with Crippen LogP contribution >= 0.6 is 15.9 Å². The lowest BCUT2D eigenvalue weighted by Crippen LogP contribution is -2.18. The molecule has 3 aromatic rings. The Bertz CT molecular complexity index is 965. The molecule has 29 heavy (non-hydrogen) atoms. The normalized spacial score (nSPS) is 16.0. The molecule has 1 atom stereocenters. The van der Waals surface area contributed by atoms with Crippen LogP contribution in [0, 0.1) is 0 Å². The summed E-state index contributed by atoms with van der Waals surface area (Å²) in [4.78, 5) is 12.7. The SMILES string of the molecule is O=C(Nc1ccnn1Cc1ccc(Br)cc1)c1cccc(OC[C@H]2CCCO2)c1. The summed E-state index contributed by atoms with van der Waals surface area (Å²) in [6.45, 7) is 1.87. The summed E-state index contributed by atoms with van der Waals surface area (Å²) in [6, 6.07) is 17.0. The minimum absolute atomic E-state index is 0.139. The van der Waals surface area contributed by atoms with E-state index in [2.05, 4.69) is 26.3 Å². The molecule has 1 fully saturated rings. The van der Waals surface area contributed by atoms with E-state index < -0.39 is 0 Å². The third kappa shape index (κ3) is 5.25. The molecule has 6 nitrogen and oxygen atoms in total. The Morgan fingerprint density at radius 2 is 2.10 bits per heavy atom. The lowest BCUT2D eigenvalue weighted by atomic mass is 10.2. The average molecular weight is 456 g/mol. The molecule has 1 saturated heterocycles. The smallest absolute Gasteiger partial charge is 0.256 e. The third-order valence-corrected chi connectivity index (χ3v) is 5.29. The summed E-state index contributed by atoms with van der Waals surface area (Å²) < 4.78 is 14.2. The van der Waals surface area contributed by atoms with Crippen molar-refractivity contribution in [3.05, 3.63) is 76.4 Å². The minimum atomic E-state index is -0.204. The van der Waals surface area contributed by atoms with E-state index in [1.54, 1.807) is 29.1 Å². The number of amides is 1. The Morgan fingerprint density at radius 1 is 1.24 bits per heavy atom. The van der Waals surface area contributed by atoms with E-state index in [-0.39, 0.29) is 12.0 Å². The fourth-order valence-corrected chi connectivity index (χ4v) is 3.47. The van der Waals surface area contributed by atoms with Crippen LogP contribution in [0.15, 0.2) is 65.3 Å². The summed E-state index contributed by atoms with van der Waals surface area (Å²) in [5.41, 5.74) is 1.63. The van der Waals surface area contributed by atoms with Gasteiger partial charge in [0.05, 0.1) is 18.8 Å². The number of nitrogens with one attached hydrogen (secondary N) is 1. The number of carbonyl (C=O) groups is 1. The molecule has 2 aromatic carbocycles. The van der Waals surface area contributed by atoms with Gasteiger partial charge in [0.2, 0.25) is 0 Å². The van der Waals surface area contributed by atoms with Gasteiger partial charge in [0, 0.05) is 22.7 Å². The van der Waals surface area contributed by atoms with E-state index in [1.807, 2.05) is 36.4 Å². The Labute approximate surface area is 178 Å². The van der Waals surface area contributed by atoms with Crippen molar-refractivity contribution in [2.45, 2.75) is 25.5 Å². The van der Waals surface area contributed by atoms with Crippen molar-refractivity contribution in [2.75, 3.05) is 18.5 Å². The van der Waals surface area contributed by atoms with Crippen LogP contribution in [0.3, 0.4) is 0 Å². The van der Waals surface area contributed by atoms with E-state index in [0.717, 1.165) is 29.5 Å². The molecule has 0 saturated carbocycles. The van der Waals surface area contributed by atoms with E-state index in [0.29, 0.717) is 30.3 Å². The fraction of sp³-hybridized carbons (Fsp3) is 0.273. The predicted molar refractivity (Wildman–Crippen MR) is 114 cm³/mol. The Hall–Kier alpha value is -2.64. The molecule has 7 heteroatoms. The quantitative estimate of drug-likeness (QED) is 0.569. The molecule has 0 bridgehead atoms. The number of anilines is 1. The second kappa shape index (κ2) is 9.24. The zero-order valence-electron chi connectivity index (χ0n) is 15.9. The number of nitrogens with zero attached hydrogens (tertiary/aromatic N) is 2.